The van der Waals surface area contributed by atoms with Gasteiger partial charge in [-0.25, -0.2) is 0 Å². The van der Waals surface area contributed by atoms with Crippen LogP contribution < -0.4 is 15.2 Å². The number of anilines is 1. The molecule has 0 bridgehead atoms. The standard InChI is InChI=1S/C18H15BrClN3O3/c1-24-15-9-11(6-7-16-22-23-18(21)26-16)8-13(19)17(15)25-10-12-4-2-3-5-14(12)20/h2-9H,10H2,1H3,(H2,21,23)/b7-6+. The number of halogens is 2. The molecule has 26 heavy (non-hydrogen) atoms. The first-order chi connectivity index (χ1) is 12.6. The SMILES string of the molecule is COc1cc(/C=C/c2nnc(N)o2)cc(Br)c1OCc1ccccc1Cl. The van der Waals surface area contributed by atoms with E-state index in [9.17, 15) is 0 Å². The third-order valence-corrected chi connectivity index (χ3v) is 4.41. The average Bonchev–Trinajstić information content (AvgIpc) is 3.05. The molecule has 0 saturated heterocycles. The summed E-state index contributed by atoms with van der Waals surface area (Å²) in [6.07, 6.45) is 3.47. The normalized spacial score (nSPS) is 11.0. The van der Waals surface area contributed by atoms with Gasteiger partial charge < -0.3 is 19.6 Å². The lowest BCUT2D eigenvalue weighted by Gasteiger charge is -2.14. The smallest absolute Gasteiger partial charge is 0.313 e. The molecule has 0 aliphatic rings. The molecule has 0 saturated carbocycles. The Morgan fingerprint density at radius 1 is 1.23 bits per heavy atom. The number of methoxy groups -OCH3 is 1. The van der Waals surface area contributed by atoms with Crippen LogP contribution in [0.4, 0.5) is 6.01 Å². The minimum Gasteiger partial charge on any atom is -0.493 e. The quantitative estimate of drug-likeness (QED) is 0.596. The van der Waals surface area contributed by atoms with E-state index in [1.807, 2.05) is 36.4 Å². The van der Waals surface area contributed by atoms with Crippen molar-refractivity contribution in [1.29, 1.82) is 0 Å². The fourth-order valence-electron chi connectivity index (χ4n) is 2.22. The molecule has 0 fully saturated rings. The van der Waals surface area contributed by atoms with Crippen LogP contribution in [-0.2, 0) is 6.61 Å². The molecular formula is C18H15BrClN3O3. The summed E-state index contributed by atoms with van der Waals surface area (Å²) in [5, 5.41) is 8.03. The number of ether oxygens (including phenoxy) is 2. The Morgan fingerprint density at radius 3 is 2.73 bits per heavy atom. The van der Waals surface area contributed by atoms with Crippen molar-refractivity contribution < 1.29 is 13.9 Å². The Morgan fingerprint density at radius 2 is 2.04 bits per heavy atom. The van der Waals surface area contributed by atoms with Crippen molar-refractivity contribution in [3.8, 4) is 11.5 Å². The molecular weight excluding hydrogens is 422 g/mol. The van der Waals surface area contributed by atoms with E-state index >= 15 is 0 Å². The molecule has 0 atom stereocenters. The summed E-state index contributed by atoms with van der Waals surface area (Å²) in [6.45, 7) is 0.324. The van der Waals surface area contributed by atoms with E-state index in [2.05, 4.69) is 26.1 Å². The topological polar surface area (TPSA) is 83.4 Å². The van der Waals surface area contributed by atoms with Gasteiger partial charge in [0.05, 0.1) is 11.6 Å². The number of hydrogen-bond acceptors (Lipinski definition) is 6. The van der Waals surface area contributed by atoms with E-state index < -0.39 is 0 Å². The highest BCUT2D eigenvalue weighted by molar-refractivity contribution is 9.10. The predicted molar refractivity (Wildman–Crippen MR) is 104 cm³/mol. The minimum atomic E-state index is 0.0201. The maximum Gasteiger partial charge on any atom is 0.313 e. The molecule has 134 valence electrons. The van der Waals surface area contributed by atoms with Crippen LogP contribution in [0.1, 0.15) is 17.0 Å². The van der Waals surface area contributed by atoms with E-state index in [0.29, 0.717) is 29.0 Å². The van der Waals surface area contributed by atoms with Crippen molar-refractivity contribution in [2.45, 2.75) is 6.61 Å². The van der Waals surface area contributed by atoms with Gasteiger partial charge in [-0.1, -0.05) is 34.9 Å². The maximum atomic E-state index is 6.17. The summed E-state index contributed by atoms with van der Waals surface area (Å²) in [4.78, 5) is 0. The lowest BCUT2D eigenvalue weighted by atomic mass is 10.2. The zero-order valence-corrected chi connectivity index (χ0v) is 16.1. The number of benzene rings is 2. The van der Waals surface area contributed by atoms with Gasteiger partial charge in [-0.05, 0) is 45.8 Å². The lowest BCUT2D eigenvalue weighted by Crippen LogP contribution is -1.99. The third kappa shape index (κ3) is 4.36. The Balaban J connectivity index is 1.81. The number of nitrogens with two attached hydrogens (primary N) is 1. The molecule has 6 nitrogen and oxygen atoms in total. The van der Waals surface area contributed by atoms with E-state index in [1.165, 1.54) is 0 Å². The zero-order chi connectivity index (χ0) is 18.5. The summed E-state index contributed by atoms with van der Waals surface area (Å²) in [5.41, 5.74) is 7.15. The molecule has 1 aromatic heterocycles. The van der Waals surface area contributed by atoms with E-state index in [0.717, 1.165) is 15.6 Å². The van der Waals surface area contributed by atoms with Crippen LogP contribution in [0.25, 0.3) is 12.2 Å². The Kier molecular flexibility index (Phi) is 5.80. The second-order valence-electron chi connectivity index (χ2n) is 5.23. The number of nitrogen functional groups attached to an aromatic ring is 1. The number of rotatable bonds is 6. The van der Waals surface area contributed by atoms with Gasteiger partial charge in [0.2, 0.25) is 5.89 Å². The molecule has 2 aromatic carbocycles. The van der Waals surface area contributed by atoms with Crippen molar-refractivity contribution in [3.63, 3.8) is 0 Å². The van der Waals surface area contributed by atoms with Crippen molar-refractivity contribution in [2.75, 3.05) is 12.8 Å². The molecule has 0 aliphatic heterocycles. The van der Waals surface area contributed by atoms with E-state index in [4.69, 9.17) is 31.2 Å². The first-order valence-corrected chi connectivity index (χ1v) is 8.74. The summed E-state index contributed by atoms with van der Waals surface area (Å²) in [6, 6.07) is 11.3. The van der Waals surface area contributed by atoms with Crippen LogP contribution in [-0.4, -0.2) is 17.3 Å². The van der Waals surface area contributed by atoms with Gasteiger partial charge in [0.25, 0.3) is 0 Å². The summed E-state index contributed by atoms with van der Waals surface area (Å²) in [5.74, 6) is 1.49. The van der Waals surface area contributed by atoms with E-state index in [1.54, 1.807) is 19.3 Å². The van der Waals surface area contributed by atoms with Crippen molar-refractivity contribution in [3.05, 3.63) is 62.9 Å². The first-order valence-electron chi connectivity index (χ1n) is 7.57. The molecule has 1 heterocycles. The molecule has 2 N–H and O–H groups in total. The molecule has 0 unspecified atom stereocenters. The van der Waals surface area contributed by atoms with Crippen LogP contribution in [0.2, 0.25) is 5.02 Å². The highest BCUT2D eigenvalue weighted by Gasteiger charge is 2.12. The van der Waals surface area contributed by atoms with Gasteiger partial charge in [-0.15, -0.1) is 5.10 Å². The van der Waals surface area contributed by atoms with Crippen molar-refractivity contribution >= 4 is 45.7 Å². The Labute approximate surface area is 163 Å². The Bertz CT molecular complexity index is 943. The monoisotopic (exact) mass is 435 g/mol. The molecule has 8 heteroatoms. The fourth-order valence-corrected chi connectivity index (χ4v) is 2.99. The minimum absolute atomic E-state index is 0.0201. The maximum absolute atomic E-state index is 6.17. The van der Waals surface area contributed by atoms with Crippen LogP contribution in [0.3, 0.4) is 0 Å². The average molecular weight is 437 g/mol. The highest BCUT2D eigenvalue weighted by Crippen LogP contribution is 2.38. The van der Waals surface area contributed by atoms with Gasteiger partial charge in [0.15, 0.2) is 11.5 Å². The third-order valence-electron chi connectivity index (χ3n) is 3.46. The van der Waals surface area contributed by atoms with Gasteiger partial charge >= 0.3 is 6.01 Å². The second kappa shape index (κ2) is 8.25. The zero-order valence-electron chi connectivity index (χ0n) is 13.8. The van der Waals surface area contributed by atoms with Gasteiger partial charge in [0.1, 0.15) is 6.61 Å². The molecule has 0 radical (unpaired) electrons. The van der Waals surface area contributed by atoms with Crippen LogP contribution in [0.5, 0.6) is 11.5 Å². The highest BCUT2D eigenvalue weighted by atomic mass is 79.9. The van der Waals surface area contributed by atoms with E-state index in [-0.39, 0.29) is 6.01 Å². The second-order valence-corrected chi connectivity index (χ2v) is 6.49. The number of aromatic nitrogens is 2. The number of hydrogen-bond donors (Lipinski definition) is 1. The van der Waals surface area contributed by atoms with Crippen LogP contribution in [0.15, 0.2) is 45.3 Å². The molecule has 3 aromatic rings. The largest absolute Gasteiger partial charge is 0.493 e. The van der Waals surface area contributed by atoms with Crippen LogP contribution in [0, 0.1) is 0 Å². The molecule has 0 aliphatic carbocycles. The van der Waals surface area contributed by atoms with Gasteiger partial charge in [0, 0.05) is 16.7 Å². The predicted octanol–water partition coefficient (Wildman–Crippen LogP) is 4.83. The lowest BCUT2D eigenvalue weighted by molar-refractivity contribution is 0.282. The summed E-state index contributed by atoms with van der Waals surface area (Å²) < 4.78 is 17.2. The van der Waals surface area contributed by atoms with Crippen molar-refractivity contribution in [2.24, 2.45) is 0 Å². The van der Waals surface area contributed by atoms with Crippen molar-refractivity contribution in [1.82, 2.24) is 10.2 Å². The molecule has 0 spiro atoms. The molecule has 3 rings (SSSR count). The first kappa shape index (κ1) is 18.3. The van der Waals surface area contributed by atoms with Gasteiger partial charge in [-0.3, -0.25) is 0 Å². The fraction of sp³-hybridized carbons (Fsp3) is 0.111. The number of nitrogens with zero attached hydrogens (tertiary/aromatic N) is 2. The van der Waals surface area contributed by atoms with Gasteiger partial charge in [-0.2, -0.15) is 0 Å². The molecule has 0 amide bonds. The summed E-state index contributed by atoms with van der Waals surface area (Å²) in [7, 11) is 1.58. The van der Waals surface area contributed by atoms with Crippen LogP contribution >= 0.6 is 27.5 Å². The Hall–Kier alpha value is -2.51. The summed E-state index contributed by atoms with van der Waals surface area (Å²) >= 11 is 9.69.